The minimum absolute atomic E-state index is 0.324. The summed E-state index contributed by atoms with van der Waals surface area (Å²) in [6, 6.07) is 8.69. The van der Waals surface area contributed by atoms with Crippen molar-refractivity contribution in [2.45, 2.75) is 13.1 Å². The third-order valence-corrected chi connectivity index (χ3v) is 5.17. The van der Waals surface area contributed by atoms with Gasteiger partial charge in [-0.1, -0.05) is 12.1 Å². The molecule has 2 aromatic rings. The number of hydrogen-bond donors (Lipinski definition) is 2. The SMILES string of the molecule is CN=C(NCc1ccc(O)c(F)c1)N1CCN(Cc2cccs2)CC1. The number of nitrogens with one attached hydrogen (secondary N) is 1. The van der Waals surface area contributed by atoms with E-state index in [1.165, 1.54) is 17.0 Å². The molecule has 7 heteroatoms. The Balaban J connectivity index is 1.49. The molecule has 0 spiro atoms. The third-order valence-electron chi connectivity index (χ3n) is 4.31. The highest BCUT2D eigenvalue weighted by Crippen LogP contribution is 2.16. The van der Waals surface area contributed by atoms with Crippen LogP contribution in [-0.2, 0) is 13.1 Å². The Bertz CT molecular complexity index is 712. The van der Waals surface area contributed by atoms with Crippen molar-refractivity contribution in [2.75, 3.05) is 33.2 Å². The van der Waals surface area contributed by atoms with Crippen LogP contribution in [0.15, 0.2) is 40.7 Å². The molecule has 0 radical (unpaired) electrons. The highest BCUT2D eigenvalue weighted by atomic mass is 32.1. The second-order valence-corrected chi connectivity index (χ2v) is 7.06. The van der Waals surface area contributed by atoms with Gasteiger partial charge in [0.15, 0.2) is 17.5 Å². The van der Waals surface area contributed by atoms with Crippen LogP contribution in [0.25, 0.3) is 0 Å². The van der Waals surface area contributed by atoms with E-state index in [9.17, 15) is 9.50 Å². The van der Waals surface area contributed by atoms with E-state index in [4.69, 9.17) is 0 Å². The second-order valence-electron chi connectivity index (χ2n) is 6.03. The number of guanidine groups is 1. The van der Waals surface area contributed by atoms with Crippen LogP contribution in [0.1, 0.15) is 10.4 Å². The summed E-state index contributed by atoms with van der Waals surface area (Å²) in [6.45, 7) is 5.28. The van der Waals surface area contributed by atoms with Gasteiger partial charge in [0.05, 0.1) is 0 Å². The molecule has 0 bridgehead atoms. The monoisotopic (exact) mass is 362 g/mol. The molecule has 1 saturated heterocycles. The third kappa shape index (κ3) is 4.70. The van der Waals surface area contributed by atoms with E-state index in [0.717, 1.165) is 44.2 Å². The summed E-state index contributed by atoms with van der Waals surface area (Å²) in [4.78, 5) is 10.4. The number of hydrogen-bond acceptors (Lipinski definition) is 4. The Labute approximate surface area is 151 Å². The van der Waals surface area contributed by atoms with Crippen LogP contribution in [0.5, 0.6) is 5.75 Å². The summed E-state index contributed by atoms with van der Waals surface area (Å²) in [5.41, 5.74) is 0.771. The van der Waals surface area contributed by atoms with Crippen molar-refractivity contribution < 1.29 is 9.50 Å². The fourth-order valence-electron chi connectivity index (χ4n) is 2.91. The van der Waals surface area contributed by atoms with Gasteiger partial charge < -0.3 is 15.3 Å². The molecule has 134 valence electrons. The van der Waals surface area contributed by atoms with E-state index < -0.39 is 5.82 Å². The lowest BCUT2D eigenvalue weighted by Gasteiger charge is -2.36. The highest BCUT2D eigenvalue weighted by molar-refractivity contribution is 7.09. The van der Waals surface area contributed by atoms with Gasteiger partial charge in [-0.2, -0.15) is 0 Å². The number of aliphatic imine (C=N–C) groups is 1. The maximum atomic E-state index is 13.4. The number of rotatable bonds is 4. The van der Waals surface area contributed by atoms with Crippen LogP contribution >= 0.6 is 11.3 Å². The van der Waals surface area contributed by atoms with Gasteiger partial charge in [0.1, 0.15) is 0 Å². The molecule has 0 aliphatic carbocycles. The van der Waals surface area contributed by atoms with Crippen LogP contribution in [0.3, 0.4) is 0 Å². The number of halogens is 1. The summed E-state index contributed by atoms with van der Waals surface area (Å²) in [6.07, 6.45) is 0. The predicted molar refractivity (Wildman–Crippen MR) is 99.4 cm³/mol. The minimum Gasteiger partial charge on any atom is -0.505 e. The maximum absolute atomic E-state index is 13.4. The molecular weight excluding hydrogens is 339 g/mol. The Kier molecular flexibility index (Phi) is 5.88. The van der Waals surface area contributed by atoms with Crippen molar-refractivity contribution in [2.24, 2.45) is 4.99 Å². The van der Waals surface area contributed by atoms with Crippen molar-refractivity contribution in [3.8, 4) is 5.75 Å². The smallest absolute Gasteiger partial charge is 0.194 e. The zero-order valence-electron chi connectivity index (χ0n) is 14.3. The van der Waals surface area contributed by atoms with Crippen molar-refractivity contribution in [3.63, 3.8) is 0 Å². The molecule has 2 N–H and O–H groups in total. The van der Waals surface area contributed by atoms with Crippen molar-refractivity contribution >= 4 is 17.3 Å². The molecular formula is C18H23FN4OS. The quantitative estimate of drug-likeness (QED) is 0.648. The lowest BCUT2D eigenvalue weighted by Crippen LogP contribution is -2.51. The Hall–Kier alpha value is -2.12. The molecule has 3 rings (SSSR count). The van der Waals surface area contributed by atoms with Crippen LogP contribution in [0.4, 0.5) is 4.39 Å². The van der Waals surface area contributed by atoms with Gasteiger partial charge in [-0.05, 0) is 29.1 Å². The van der Waals surface area contributed by atoms with Crippen molar-refractivity contribution in [1.82, 2.24) is 15.1 Å². The first kappa shape index (κ1) is 17.7. The predicted octanol–water partition coefficient (Wildman–Crippen LogP) is 2.49. The number of thiophene rings is 1. The van der Waals surface area contributed by atoms with Crippen LogP contribution in [-0.4, -0.2) is 54.1 Å². The molecule has 25 heavy (non-hydrogen) atoms. The Morgan fingerprint density at radius 2 is 2.08 bits per heavy atom. The van der Waals surface area contributed by atoms with Gasteiger partial charge in [-0.25, -0.2) is 4.39 Å². The maximum Gasteiger partial charge on any atom is 0.194 e. The Morgan fingerprint density at radius 3 is 2.72 bits per heavy atom. The number of nitrogens with zero attached hydrogens (tertiary/aromatic N) is 3. The lowest BCUT2D eigenvalue weighted by molar-refractivity contribution is 0.173. The molecule has 5 nitrogen and oxygen atoms in total. The molecule has 0 saturated carbocycles. The molecule has 0 unspecified atom stereocenters. The molecule has 1 aromatic carbocycles. The van der Waals surface area contributed by atoms with E-state index in [0.29, 0.717) is 6.54 Å². The zero-order chi connectivity index (χ0) is 17.6. The van der Waals surface area contributed by atoms with Gasteiger partial charge in [0, 0.05) is 51.2 Å². The van der Waals surface area contributed by atoms with E-state index >= 15 is 0 Å². The second kappa shape index (κ2) is 8.31. The summed E-state index contributed by atoms with van der Waals surface area (Å²) >= 11 is 1.80. The van der Waals surface area contributed by atoms with E-state index in [1.54, 1.807) is 24.5 Å². The van der Waals surface area contributed by atoms with Gasteiger partial charge in [0.2, 0.25) is 0 Å². The first-order chi connectivity index (χ1) is 12.2. The van der Waals surface area contributed by atoms with Crippen molar-refractivity contribution in [3.05, 3.63) is 52.0 Å². The normalized spacial score (nSPS) is 16.2. The summed E-state index contributed by atoms with van der Waals surface area (Å²) < 4.78 is 13.4. The van der Waals surface area contributed by atoms with E-state index in [-0.39, 0.29) is 5.75 Å². The largest absolute Gasteiger partial charge is 0.505 e. The number of benzene rings is 1. The van der Waals surface area contributed by atoms with E-state index in [2.05, 4.69) is 37.6 Å². The molecule has 2 heterocycles. The molecule has 1 aliphatic heterocycles. The molecule has 1 aliphatic rings. The first-order valence-electron chi connectivity index (χ1n) is 8.33. The average molecular weight is 362 g/mol. The standard InChI is InChI=1S/C18H23FN4OS/c1-20-18(21-12-14-4-5-17(24)16(19)11-14)23-8-6-22(7-9-23)13-15-3-2-10-25-15/h2-5,10-11,24H,6-9,12-13H2,1H3,(H,20,21). The van der Waals surface area contributed by atoms with Crippen LogP contribution in [0.2, 0.25) is 0 Å². The fraction of sp³-hybridized carbons (Fsp3) is 0.389. The molecule has 0 amide bonds. The molecule has 1 aromatic heterocycles. The zero-order valence-corrected chi connectivity index (χ0v) is 15.1. The van der Waals surface area contributed by atoms with Gasteiger partial charge in [-0.3, -0.25) is 9.89 Å². The van der Waals surface area contributed by atoms with Gasteiger partial charge in [0.25, 0.3) is 0 Å². The van der Waals surface area contributed by atoms with Crippen LogP contribution in [0, 0.1) is 5.82 Å². The highest BCUT2D eigenvalue weighted by Gasteiger charge is 2.19. The Morgan fingerprint density at radius 1 is 1.28 bits per heavy atom. The first-order valence-corrected chi connectivity index (χ1v) is 9.21. The van der Waals surface area contributed by atoms with Gasteiger partial charge in [-0.15, -0.1) is 11.3 Å². The molecule has 1 fully saturated rings. The summed E-state index contributed by atoms with van der Waals surface area (Å²) in [7, 11) is 1.76. The summed E-state index contributed by atoms with van der Waals surface area (Å²) in [5.74, 6) is -0.101. The lowest BCUT2D eigenvalue weighted by atomic mass is 10.2. The number of aromatic hydroxyl groups is 1. The fourth-order valence-corrected chi connectivity index (χ4v) is 3.66. The number of phenols is 1. The minimum atomic E-state index is -0.600. The topological polar surface area (TPSA) is 51.1 Å². The molecule has 0 atom stereocenters. The number of piperazine rings is 1. The van der Waals surface area contributed by atoms with E-state index in [1.807, 2.05) is 0 Å². The van der Waals surface area contributed by atoms with Gasteiger partial charge >= 0.3 is 0 Å². The summed E-state index contributed by atoms with van der Waals surface area (Å²) in [5, 5.41) is 14.6. The van der Waals surface area contributed by atoms with Crippen LogP contribution < -0.4 is 5.32 Å². The number of phenolic OH excluding ortho intramolecular Hbond substituents is 1. The average Bonchev–Trinajstić information content (AvgIpc) is 3.13. The van der Waals surface area contributed by atoms with Crippen molar-refractivity contribution in [1.29, 1.82) is 0 Å².